The molecule has 0 N–H and O–H groups in total. The van der Waals surface area contributed by atoms with Crippen LogP contribution in [0.25, 0.3) is 5.57 Å². The normalized spacial score (nSPS) is 18.7. The van der Waals surface area contributed by atoms with Gasteiger partial charge >= 0.3 is 5.97 Å². The van der Waals surface area contributed by atoms with E-state index in [0.717, 1.165) is 60.1 Å². The van der Waals surface area contributed by atoms with Gasteiger partial charge in [0.2, 0.25) is 5.88 Å². The first kappa shape index (κ1) is 26.7. The molecule has 0 unspecified atom stereocenters. The summed E-state index contributed by atoms with van der Waals surface area (Å²) in [6.45, 7) is 7.34. The molecule has 1 atom stereocenters. The minimum atomic E-state index is -0.728. The fraction of sp³-hybridized carbons (Fsp3) is 0.500. The smallest absolute Gasteiger partial charge is 0.316 e. The summed E-state index contributed by atoms with van der Waals surface area (Å²) in [5.41, 5.74) is 2.31. The van der Waals surface area contributed by atoms with Gasteiger partial charge < -0.3 is 9.47 Å². The van der Waals surface area contributed by atoms with Crippen molar-refractivity contribution in [1.82, 2.24) is 9.88 Å². The maximum absolute atomic E-state index is 15.5. The number of fused-ring (bicyclic) bond motifs is 1. The van der Waals surface area contributed by atoms with Gasteiger partial charge in [0.15, 0.2) is 11.6 Å². The van der Waals surface area contributed by atoms with E-state index in [-0.39, 0.29) is 18.5 Å². The lowest BCUT2D eigenvalue weighted by atomic mass is 9.94. The third kappa shape index (κ3) is 6.14. The van der Waals surface area contributed by atoms with Gasteiger partial charge in [-0.25, -0.2) is 9.37 Å². The molecule has 0 saturated carbocycles. The number of halogens is 3. The lowest BCUT2D eigenvalue weighted by molar-refractivity contribution is -0.143. The van der Waals surface area contributed by atoms with Crippen molar-refractivity contribution in [3.05, 3.63) is 57.5 Å². The van der Waals surface area contributed by atoms with Crippen LogP contribution in [0.2, 0.25) is 0 Å². The molecule has 1 aromatic carbocycles. The maximum atomic E-state index is 15.5. The molecule has 0 amide bonds. The average Bonchev–Trinajstić information content (AvgIpc) is 3.21. The highest BCUT2D eigenvalue weighted by Gasteiger charge is 2.28. The number of benzene rings is 1. The van der Waals surface area contributed by atoms with Crippen LogP contribution in [0.5, 0.6) is 11.6 Å². The zero-order chi connectivity index (χ0) is 25.9. The lowest BCUT2D eigenvalue weighted by Crippen LogP contribution is -2.26. The lowest BCUT2D eigenvalue weighted by Gasteiger charge is -2.19. The summed E-state index contributed by atoms with van der Waals surface area (Å²) in [6, 6.07) is 7.13. The zero-order valence-electron chi connectivity index (χ0n) is 21.1. The minimum absolute atomic E-state index is 0.0370. The highest BCUT2D eigenvalue weighted by molar-refractivity contribution is 9.11. The van der Waals surface area contributed by atoms with Crippen molar-refractivity contribution in [3.8, 4) is 11.6 Å². The number of likely N-dealkylation sites (tertiary alicyclic amines) is 1. The van der Waals surface area contributed by atoms with Crippen LogP contribution in [0.4, 0.5) is 8.78 Å². The molecule has 1 fully saturated rings. The Morgan fingerprint density at radius 3 is 2.72 bits per heavy atom. The first-order valence-electron chi connectivity index (χ1n) is 12.5. The molecule has 0 bridgehead atoms. The summed E-state index contributed by atoms with van der Waals surface area (Å²) in [5, 5.41) is 0. The molecular weight excluding hydrogens is 530 g/mol. The van der Waals surface area contributed by atoms with Crippen molar-refractivity contribution < 1.29 is 23.0 Å². The van der Waals surface area contributed by atoms with E-state index in [1.165, 1.54) is 6.07 Å². The monoisotopic (exact) mass is 562 g/mol. The molecule has 1 aliphatic carbocycles. The number of hydrogen-bond donors (Lipinski definition) is 0. The van der Waals surface area contributed by atoms with E-state index >= 15 is 4.39 Å². The molecule has 2 aromatic rings. The summed E-state index contributed by atoms with van der Waals surface area (Å²) >= 11 is 3.72. The van der Waals surface area contributed by atoms with Crippen molar-refractivity contribution in [2.24, 2.45) is 5.41 Å². The van der Waals surface area contributed by atoms with Crippen LogP contribution < -0.4 is 9.47 Å². The Bertz CT molecular complexity index is 1130. The summed E-state index contributed by atoms with van der Waals surface area (Å²) < 4.78 is 40.4. The van der Waals surface area contributed by atoms with E-state index in [1.54, 1.807) is 27.0 Å². The molecule has 36 heavy (non-hydrogen) atoms. The van der Waals surface area contributed by atoms with E-state index in [0.29, 0.717) is 24.3 Å². The SMILES string of the molecule is CC(C)(C)C(=O)Oc1ccc2c(c1F)CCCC(Br)=C2c1ccc(O[C@H]2CCN(CCCF)C2)nc1. The van der Waals surface area contributed by atoms with Gasteiger partial charge in [-0.15, -0.1) is 0 Å². The molecule has 0 spiro atoms. The van der Waals surface area contributed by atoms with Crippen molar-refractivity contribution in [3.63, 3.8) is 0 Å². The highest BCUT2D eigenvalue weighted by Crippen LogP contribution is 2.40. The van der Waals surface area contributed by atoms with Crippen LogP contribution in [-0.2, 0) is 11.2 Å². The first-order chi connectivity index (χ1) is 17.2. The third-order valence-electron chi connectivity index (χ3n) is 6.54. The van der Waals surface area contributed by atoms with Gasteiger partial charge in [-0.1, -0.05) is 22.0 Å². The van der Waals surface area contributed by atoms with Crippen LogP contribution in [0.3, 0.4) is 0 Å². The Morgan fingerprint density at radius 1 is 1.22 bits per heavy atom. The van der Waals surface area contributed by atoms with Crippen molar-refractivity contribution in [1.29, 1.82) is 0 Å². The van der Waals surface area contributed by atoms with Gasteiger partial charge in [-0.2, -0.15) is 0 Å². The van der Waals surface area contributed by atoms with Crippen LogP contribution in [-0.4, -0.2) is 48.3 Å². The van der Waals surface area contributed by atoms with Crippen molar-refractivity contribution in [2.45, 2.75) is 59.0 Å². The Balaban J connectivity index is 1.54. The standard InChI is InChI=1S/C28H33BrF2N2O3/c1-28(2,3)27(34)36-23-10-9-20-21(26(23)31)6-4-7-22(29)25(20)18-8-11-24(32-16-18)35-19-12-15-33(17-19)14-5-13-30/h8-11,16,19H,4-7,12-15,17H2,1-3H3/t19-/m0/s1. The quantitative estimate of drug-likeness (QED) is 0.285. The molecule has 1 aliphatic heterocycles. The number of ether oxygens (including phenoxy) is 2. The Morgan fingerprint density at radius 2 is 2.03 bits per heavy atom. The van der Waals surface area contributed by atoms with E-state index in [1.807, 2.05) is 18.2 Å². The van der Waals surface area contributed by atoms with Gasteiger partial charge in [0.1, 0.15) is 6.10 Å². The predicted octanol–water partition coefficient (Wildman–Crippen LogP) is 6.48. The van der Waals surface area contributed by atoms with Gasteiger partial charge in [0, 0.05) is 47.5 Å². The number of aromatic nitrogens is 1. The Hall–Kier alpha value is -2.32. The summed E-state index contributed by atoms with van der Waals surface area (Å²) in [4.78, 5) is 19.1. The van der Waals surface area contributed by atoms with Crippen LogP contribution in [0.1, 0.15) is 63.1 Å². The number of pyridine rings is 1. The summed E-state index contributed by atoms with van der Waals surface area (Å²) in [6.07, 6.45) is 5.29. The maximum Gasteiger partial charge on any atom is 0.316 e. The van der Waals surface area contributed by atoms with Crippen LogP contribution >= 0.6 is 15.9 Å². The second kappa shape index (κ2) is 11.4. The fourth-order valence-electron chi connectivity index (χ4n) is 4.56. The number of hydrogen-bond acceptors (Lipinski definition) is 5. The van der Waals surface area contributed by atoms with Crippen LogP contribution in [0.15, 0.2) is 34.9 Å². The number of carbonyl (C=O) groups excluding carboxylic acids is 1. The number of allylic oxidation sites excluding steroid dienone is 1. The summed E-state index contributed by atoms with van der Waals surface area (Å²) in [5.74, 6) is -0.460. The minimum Gasteiger partial charge on any atom is -0.473 e. The third-order valence-corrected chi connectivity index (χ3v) is 7.33. The number of rotatable bonds is 7. The molecule has 2 aliphatic rings. The number of esters is 1. The van der Waals surface area contributed by atoms with Crippen molar-refractivity contribution >= 4 is 27.5 Å². The molecule has 1 aromatic heterocycles. The highest BCUT2D eigenvalue weighted by atomic mass is 79.9. The van der Waals surface area contributed by atoms with Gasteiger partial charge in [-0.3, -0.25) is 14.1 Å². The average molecular weight is 563 g/mol. The topological polar surface area (TPSA) is 51.7 Å². The van der Waals surface area contributed by atoms with Crippen molar-refractivity contribution in [2.75, 3.05) is 26.3 Å². The number of alkyl halides is 1. The molecular formula is C28H33BrF2N2O3. The first-order valence-corrected chi connectivity index (χ1v) is 13.3. The molecule has 194 valence electrons. The van der Waals surface area contributed by atoms with E-state index in [4.69, 9.17) is 9.47 Å². The number of carbonyl (C=O) groups is 1. The summed E-state index contributed by atoms with van der Waals surface area (Å²) in [7, 11) is 0. The van der Waals surface area contributed by atoms with E-state index < -0.39 is 17.2 Å². The van der Waals surface area contributed by atoms with Gasteiger partial charge in [0.05, 0.1) is 12.1 Å². The predicted molar refractivity (Wildman–Crippen MR) is 140 cm³/mol. The molecule has 2 heterocycles. The molecule has 0 radical (unpaired) electrons. The molecule has 1 saturated heterocycles. The fourth-order valence-corrected chi connectivity index (χ4v) is 5.29. The van der Waals surface area contributed by atoms with Crippen LogP contribution in [0, 0.1) is 11.2 Å². The Kier molecular flexibility index (Phi) is 8.45. The Labute approximate surface area is 220 Å². The largest absolute Gasteiger partial charge is 0.473 e. The van der Waals surface area contributed by atoms with Gasteiger partial charge in [0.25, 0.3) is 0 Å². The van der Waals surface area contributed by atoms with E-state index in [2.05, 4.69) is 25.8 Å². The van der Waals surface area contributed by atoms with Gasteiger partial charge in [-0.05, 0) is 76.1 Å². The molecule has 8 heteroatoms. The second-order valence-corrected chi connectivity index (χ2v) is 11.4. The molecule has 4 rings (SSSR count). The zero-order valence-corrected chi connectivity index (χ0v) is 22.7. The number of nitrogens with zero attached hydrogens (tertiary/aromatic N) is 2. The second-order valence-electron chi connectivity index (χ2n) is 10.4. The van der Waals surface area contributed by atoms with E-state index in [9.17, 15) is 9.18 Å². The molecule has 5 nitrogen and oxygen atoms in total.